The monoisotopic (exact) mass is 330 g/mol. The topological polar surface area (TPSA) is 44.7 Å². The smallest absolute Gasteiger partial charge is 0.119 e. The Kier molecular flexibility index (Phi) is 4.44. The first-order valence-corrected chi connectivity index (χ1v) is 9.55. The fraction of sp³-hybridized carbons (Fsp3) is 0.700. The van der Waals surface area contributed by atoms with Crippen molar-refractivity contribution in [2.75, 3.05) is 32.1 Å². The van der Waals surface area contributed by atoms with Gasteiger partial charge in [-0.1, -0.05) is 13.3 Å². The van der Waals surface area contributed by atoms with Gasteiger partial charge in [0.05, 0.1) is 13.2 Å². The lowest BCUT2D eigenvalue weighted by Crippen LogP contribution is -2.58. The highest BCUT2D eigenvalue weighted by Crippen LogP contribution is 2.44. The first-order valence-electron chi connectivity index (χ1n) is 9.55. The first kappa shape index (κ1) is 16.2. The fourth-order valence-electron chi connectivity index (χ4n) is 5.27. The minimum absolute atomic E-state index is 0.209. The van der Waals surface area contributed by atoms with Crippen LogP contribution in [0.1, 0.15) is 44.1 Å². The maximum atomic E-state index is 11.3. The summed E-state index contributed by atoms with van der Waals surface area (Å²) >= 11 is 0. The summed E-state index contributed by atoms with van der Waals surface area (Å²) in [5, 5.41) is 14.8. The minimum atomic E-state index is -0.279. The summed E-state index contributed by atoms with van der Waals surface area (Å²) in [4.78, 5) is 2.57. The molecule has 1 aromatic carbocycles. The number of piperidine rings is 3. The van der Waals surface area contributed by atoms with Crippen LogP contribution in [0.25, 0.3) is 0 Å². The van der Waals surface area contributed by atoms with Crippen LogP contribution >= 0.6 is 0 Å². The minimum Gasteiger partial charge on any atom is -0.497 e. The van der Waals surface area contributed by atoms with Crippen molar-refractivity contribution in [1.82, 2.24) is 4.90 Å². The Balaban J connectivity index is 1.57. The van der Waals surface area contributed by atoms with Crippen molar-refractivity contribution in [1.29, 1.82) is 0 Å². The zero-order chi connectivity index (χ0) is 16.7. The van der Waals surface area contributed by atoms with Gasteiger partial charge in [0, 0.05) is 30.7 Å². The van der Waals surface area contributed by atoms with Gasteiger partial charge in [0.2, 0.25) is 0 Å². The van der Waals surface area contributed by atoms with Gasteiger partial charge in [-0.15, -0.1) is 0 Å². The zero-order valence-electron chi connectivity index (χ0n) is 14.9. The van der Waals surface area contributed by atoms with Crippen LogP contribution in [-0.2, 0) is 0 Å². The quantitative estimate of drug-likeness (QED) is 0.890. The van der Waals surface area contributed by atoms with Crippen LogP contribution < -0.4 is 10.1 Å². The molecule has 6 atom stereocenters. The molecule has 0 saturated carbocycles. The molecule has 2 unspecified atom stereocenters. The van der Waals surface area contributed by atoms with E-state index >= 15 is 0 Å². The second-order valence-corrected chi connectivity index (χ2v) is 7.78. The van der Waals surface area contributed by atoms with Gasteiger partial charge in [0.25, 0.3) is 0 Å². The number of methoxy groups -OCH3 is 1. The fourth-order valence-corrected chi connectivity index (χ4v) is 5.27. The van der Waals surface area contributed by atoms with Gasteiger partial charge in [-0.2, -0.15) is 0 Å². The Morgan fingerprint density at radius 2 is 2.25 bits per heavy atom. The van der Waals surface area contributed by atoms with E-state index in [4.69, 9.17) is 4.74 Å². The Labute approximate surface area is 145 Å². The third-order valence-electron chi connectivity index (χ3n) is 6.70. The average Bonchev–Trinajstić information content (AvgIpc) is 2.66. The van der Waals surface area contributed by atoms with Crippen LogP contribution in [0.5, 0.6) is 5.75 Å². The number of nitrogens with zero attached hydrogens (tertiary/aromatic N) is 1. The van der Waals surface area contributed by atoms with E-state index in [0.29, 0.717) is 6.04 Å². The molecule has 0 aliphatic carbocycles. The molecule has 24 heavy (non-hydrogen) atoms. The highest BCUT2D eigenvalue weighted by Gasteiger charge is 2.44. The molecule has 1 aromatic rings. The molecule has 0 spiro atoms. The SMILES string of the molecule is CC[C@H]1CN2CC[C@H]1C[C@H]2[C@H](O)C1CCNc2ccc(OC)cc21. The Morgan fingerprint density at radius 3 is 2.96 bits per heavy atom. The van der Waals surface area contributed by atoms with Crippen molar-refractivity contribution in [3.05, 3.63) is 23.8 Å². The number of aliphatic hydroxyl groups is 1. The van der Waals surface area contributed by atoms with Crippen molar-refractivity contribution in [3.8, 4) is 5.75 Å². The largest absolute Gasteiger partial charge is 0.497 e. The van der Waals surface area contributed by atoms with E-state index in [-0.39, 0.29) is 12.0 Å². The predicted octanol–water partition coefficient (Wildman–Crippen LogP) is 3.08. The third-order valence-corrected chi connectivity index (χ3v) is 6.70. The maximum Gasteiger partial charge on any atom is 0.119 e. The number of benzene rings is 1. The lowest BCUT2D eigenvalue weighted by molar-refractivity contribution is -0.0638. The number of nitrogens with one attached hydrogen (secondary N) is 1. The summed E-state index contributed by atoms with van der Waals surface area (Å²) in [6.07, 6.45) is 4.48. The number of anilines is 1. The summed E-state index contributed by atoms with van der Waals surface area (Å²) in [5.74, 6) is 2.74. The van der Waals surface area contributed by atoms with Crippen LogP contribution in [0.3, 0.4) is 0 Å². The standard InChI is InChI=1S/C20H30N2O2/c1-3-13-12-22-9-7-14(13)10-19(22)20(23)16-6-8-21-18-5-4-15(24-2)11-17(16)18/h4-5,11,13-14,16,19-21,23H,3,6-10,12H2,1-2H3/t13-,14-,16?,19-,20+/m0/s1. The van der Waals surface area contributed by atoms with Gasteiger partial charge in [-0.05, 0) is 61.4 Å². The van der Waals surface area contributed by atoms with Crippen LogP contribution in [0, 0.1) is 11.8 Å². The highest BCUT2D eigenvalue weighted by molar-refractivity contribution is 5.58. The van der Waals surface area contributed by atoms with Crippen molar-refractivity contribution in [2.24, 2.45) is 11.8 Å². The van der Waals surface area contributed by atoms with E-state index < -0.39 is 0 Å². The van der Waals surface area contributed by atoms with Gasteiger partial charge in [0.15, 0.2) is 0 Å². The number of fused-ring (bicyclic) bond motifs is 4. The molecule has 4 nitrogen and oxygen atoms in total. The molecule has 0 radical (unpaired) electrons. The highest BCUT2D eigenvalue weighted by atomic mass is 16.5. The van der Waals surface area contributed by atoms with Crippen molar-refractivity contribution in [2.45, 2.75) is 50.7 Å². The molecule has 5 rings (SSSR count). The summed E-state index contributed by atoms with van der Waals surface area (Å²) in [6, 6.07) is 6.53. The van der Waals surface area contributed by atoms with Crippen LogP contribution in [-0.4, -0.2) is 48.9 Å². The molecule has 0 amide bonds. The lowest BCUT2D eigenvalue weighted by Gasteiger charge is -2.52. The number of hydrogen-bond acceptors (Lipinski definition) is 4. The average molecular weight is 330 g/mol. The molecular weight excluding hydrogens is 300 g/mol. The predicted molar refractivity (Wildman–Crippen MR) is 96.7 cm³/mol. The van der Waals surface area contributed by atoms with E-state index in [0.717, 1.165) is 36.2 Å². The maximum absolute atomic E-state index is 11.3. The molecule has 132 valence electrons. The summed E-state index contributed by atoms with van der Waals surface area (Å²) in [5.41, 5.74) is 2.39. The van der Waals surface area contributed by atoms with Gasteiger partial charge < -0.3 is 15.2 Å². The Morgan fingerprint density at radius 1 is 1.38 bits per heavy atom. The van der Waals surface area contributed by atoms with Gasteiger partial charge in [-0.3, -0.25) is 4.90 Å². The van der Waals surface area contributed by atoms with E-state index in [1.165, 1.54) is 37.9 Å². The molecule has 2 N–H and O–H groups in total. The zero-order valence-corrected chi connectivity index (χ0v) is 14.9. The van der Waals surface area contributed by atoms with E-state index in [9.17, 15) is 5.11 Å². The summed E-state index contributed by atoms with van der Waals surface area (Å²) in [7, 11) is 1.71. The van der Waals surface area contributed by atoms with Crippen LogP contribution in [0.15, 0.2) is 18.2 Å². The number of aliphatic hydroxyl groups excluding tert-OH is 1. The summed E-state index contributed by atoms with van der Waals surface area (Å²) in [6.45, 7) is 5.60. The van der Waals surface area contributed by atoms with Crippen LogP contribution in [0.2, 0.25) is 0 Å². The molecule has 3 saturated heterocycles. The number of hydrogen-bond donors (Lipinski definition) is 2. The van der Waals surface area contributed by atoms with Gasteiger partial charge >= 0.3 is 0 Å². The molecule has 4 heterocycles. The van der Waals surface area contributed by atoms with Crippen molar-refractivity contribution < 1.29 is 9.84 Å². The number of rotatable bonds is 4. The molecule has 3 fully saturated rings. The van der Waals surface area contributed by atoms with Gasteiger partial charge in [0.1, 0.15) is 5.75 Å². The lowest BCUT2D eigenvalue weighted by atomic mass is 9.70. The molecule has 4 heteroatoms. The van der Waals surface area contributed by atoms with E-state index in [2.05, 4.69) is 29.3 Å². The molecule has 0 aromatic heterocycles. The summed E-state index contributed by atoms with van der Waals surface area (Å²) < 4.78 is 5.41. The molecular formula is C20H30N2O2. The molecule has 4 aliphatic heterocycles. The molecule has 4 aliphatic rings. The second kappa shape index (κ2) is 6.57. The van der Waals surface area contributed by atoms with Gasteiger partial charge in [-0.25, -0.2) is 0 Å². The first-order chi connectivity index (χ1) is 11.7. The number of ether oxygens (including phenoxy) is 1. The molecule has 2 bridgehead atoms. The third kappa shape index (κ3) is 2.70. The van der Waals surface area contributed by atoms with E-state index in [1.54, 1.807) is 7.11 Å². The van der Waals surface area contributed by atoms with Crippen molar-refractivity contribution in [3.63, 3.8) is 0 Å². The second-order valence-electron chi connectivity index (χ2n) is 7.78. The van der Waals surface area contributed by atoms with Crippen molar-refractivity contribution >= 4 is 5.69 Å². The van der Waals surface area contributed by atoms with Crippen LogP contribution in [0.4, 0.5) is 5.69 Å². The normalized spacial score (nSPS) is 35.9. The Bertz CT molecular complexity index is 591. The van der Waals surface area contributed by atoms with E-state index in [1.807, 2.05) is 6.07 Å². The Hall–Kier alpha value is -1.26.